The molecule has 2 fully saturated rings. The van der Waals surface area contributed by atoms with Gasteiger partial charge in [-0.3, -0.25) is 23.8 Å². The molecule has 1 aromatic carbocycles. The lowest BCUT2D eigenvalue weighted by Gasteiger charge is -2.36. The van der Waals surface area contributed by atoms with E-state index < -0.39 is 37.6 Å². The number of unbranched alkanes of at least 4 members (excludes halogenated alkanes) is 1. The van der Waals surface area contributed by atoms with Crippen molar-refractivity contribution in [2.45, 2.75) is 44.2 Å². The first-order valence-electron chi connectivity index (χ1n) is 13.4. The standard InChI is InChI=1S/C26H35N6O7P/c33-23(34)8-4-5-11-31-12-14-32(15-13-31)26(36)21(17-40(37,38)39)29-25(35)20-16-22(27-19-9-10-19)30-24(28-20)18-6-2-1-3-7-18/h1-3,6-7,16,19,21H,4-5,8-15,17H2,(H,29,35)(H,33,34)(H,27,28,30)(H2,37,38,39)/t21-/m0/s1. The summed E-state index contributed by atoms with van der Waals surface area (Å²) in [4.78, 5) is 69.2. The average molecular weight is 575 g/mol. The van der Waals surface area contributed by atoms with Crippen molar-refractivity contribution < 1.29 is 33.8 Å². The van der Waals surface area contributed by atoms with Gasteiger partial charge in [-0.15, -0.1) is 0 Å². The van der Waals surface area contributed by atoms with E-state index in [0.717, 1.165) is 19.3 Å². The van der Waals surface area contributed by atoms with E-state index in [1.807, 2.05) is 30.3 Å². The molecule has 1 saturated heterocycles. The smallest absolute Gasteiger partial charge is 0.328 e. The van der Waals surface area contributed by atoms with Gasteiger partial charge in [0.15, 0.2) is 5.82 Å². The Balaban J connectivity index is 1.44. The van der Waals surface area contributed by atoms with E-state index in [9.17, 15) is 28.7 Å². The number of hydrogen-bond donors (Lipinski definition) is 5. The molecule has 1 aliphatic carbocycles. The highest BCUT2D eigenvalue weighted by Gasteiger charge is 2.34. The molecule has 1 saturated carbocycles. The van der Waals surface area contributed by atoms with Gasteiger partial charge in [-0.05, 0) is 32.2 Å². The molecule has 4 rings (SSSR count). The van der Waals surface area contributed by atoms with Gasteiger partial charge in [-0.1, -0.05) is 30.3 Å². The minimum Gasteiger partial charge on any atom is -0.481 e. The average Bonchev–Trinajstić information content (AvgIpc) is 3.74. The normalized spacial score (nSPS) is 16.8. The molecule has 0 bridgehead atoms. The number of aromatic nitrogens is 2. The summed E-state index contributed by atoms with van der Waals surface area (Å²) in [7, 11) is -4.66. The topological polar surface area (TPSA) is 185 Å². The van der Waals surface area contributed by atoms with E-state index in [1.54, 1.807) is 0 Å². The van der Waals surface area contributed by atoms with E-state index in [1.165, 1.54) is 11.0 Å². The lowest BCUT2D eigenvalue weighted by Crippen LogP contribution is -2.56. The van der Waals surface area contributed by atoms with E-state index in [4.69, 9.17) is 5.11 Å². The van der Waals surface area contributed by atoms with E-state index in [2.05, 4.69) is 25.5 Å². The van der Waals surface area contributed by atoms with Crippen LogP contribution in [0.3, 0.4) is 0 Å². The predicted molar refractivity (Wildman–Crippen MR) is 147 cm³/mol. The van der Waals surface area contributed by atoms with E-state index in [-0.39, 0.29) is 18.2 Å². The number of carboxylic acid groups (broad SMARTS) is 1. The van der Waals surface area contributed by atoms with Crippen LogP contribution in [0.15, 0.2) is 36.4 Å². The Bertz CT molecular complexity index is 1250. The number of anilines is 1. The van der Waals surface area contributed by atoms with Crippen molar-refractivity contribution in [3.63, 3.8) is 0 Å². The zero-order valence-electron chi connectivity index (χ0n) is 22.1. The monoisotopic (exact) mass is 574 g/mol. The first kappa shape index (κ1) is 29.6. The maximum absolute atomic E-state index is 13.3. The van der Waals surface area contributed by atoms with Crippen LogP contribution in [-0.4, -0.2) is 103 Å². The van der Waals surface area contributed by atoms with Crippen LogP contribution in [0.4, 0.5) is 5.82 Å². The first-order chi connectivity index (χ1) is 19.1. The molecule has 13 nitrogen and oxygen atoms in total. The third-order valence-electron chi connectivity index (χ3n) is 6.74. The van der Waals surface area contributed by atoms with Crippen molar-refractivity contribution in [2.75, 3.05) is 44.2 Å². The van der Waals surface area contributed by atoms with Crippen molar-refractivity contribution in [1.82, 2.24) is 25.1 Å². The number of benzene rings is 1. The molecule has 216 valence electrons. The molecule has 0 spiro atoms. The maximum atomic E-state index is 13.3. The van der Waals surface area contributed by atoms with Gasteiger partial charge in [0, 0.05) is 50.3 Å². The number of amides is 2. The molecule has 14 heteroatoms. The van der Waals surface area contributed by atoms with Crippen LogP contribution in [0, 0.1) is 0 Å². The van der Waals surface area contributed by atoms with Gasteiger partial charge in [0.1, 0.15) is 17.6 Å². The summed E-state index contributed by atoms with van der Waals surface area (Å²) in [6, 6.07) is 9.41. The number of carbonyl (C=O) groups excluding carboxylic acids is 2. The van der Waals surface area contributed by atoms with Gasteiger partial charge < -0.3 is 30.4 Å². The van der Waals surface area contributed by atoms with Crippen LogP contribution in [0.1, 0.15) is 42.6 Å². The van der Waals surface area contributed by atoms with Gasteiger partial charge in [0.2, 0.25) is 5.91 Å². The second-order valence-corrected chi connectivity index (χ2v) is 11.8. The predicted octanol–water partition coefficient (Wildman–Crippen LogP) is 1.39. The quantitative estimate of drug-likeness (QED) is 0.172. The summed E-state index contributed by atoms with van der Waals surface area (Å²) in [5.41, 5.74) is 0.673. The highest BCUT2D eigenvalue weighted by molar-refractivity contribution is 7.51. The van der Waals surface area contributed by atoms with Gasteiger partial charge in [0.05, 0.1) is 6.16 Å². The molecule has 2 aliphatic rings. The minimum absolute atomic E-state index is 0.0216. The molecule has 0 radical (unpaired) electrons. The Morgan fingerprint density at radius 1 is 1.02 bits per heavy atom. The van der Waals surface area contributed by atoms with Gasteiger partial charge >= 0.3 is 13.6 Å². The summed E-state index contributed by atoms with van der Waals surface area (Å²) in [6.07, 6.45) is 2.54. The number of piperazine rings is 1. The third kappa shape index (κ3) is 9.09. The Hall–Kier alpha value is -3.38. The van der Waals surface area contributed by atoms with E-state index >= 15 is 0 Å². The number of aliphatic carboxylic acids is 1. The number of nitrogens with one attached hydrogen (secondary N) is 2. The summed E-state index contributed by atoms with van der Waals surface area (Å²) in [6.45, 7) is 2.43. The molecule has 1 aromatic heterocycles. The van der Waals surface area contributed by atoms with Crippen molar-refractivity contribution >= 4 is 31.2 Å². The fourth-order valence-corrected chi connectivity index (χ4v) is 5.19. The SMILES string of the molecule is O=C(O)CCCCN1CCN(C(=O)[C@H](CP(=O)(O)O)NC(=O)c2cc(NC3CC3)nc(-c3ccccc3)n2)CC1. The second kappa shape index (κ2) is 13.3. The van der Waals surface area contributed by atoms with Crippen LogP contribution in [-0.2, 0) is 14.2 Å². The highest BCUT2D eigenvalue weighted by Crippen LogP contribution is 2.35. The van der Waals surface area contributed by atoms with Crippen molar-refractivity contribution in [3.05, 3.63) is 42.1 Å². The summed E-state index contributed by atoms with van der Waals surface area (Å²) in [5.74, 6) is -1.37. The van der Waals surface area contributed by atoms with E-state index in [0.29, 0.717) is 56.4 Å². The van der Waals surface area contributed by atoms with Crippen LogP contribution in [0.25, 0.3) is 11.4 Å². The van der Waals surface area contributed by atoms with Crippen LogP contribution in [0.2, 0.25) is 0 Å². The minimum atomic E-state index is -4.66. The van der Waals surface area contributed by atoms with Gasteiger partial charge in [-0.2, -0.15) is 0 Å². The highest BCUT2D eigenvalue weighted by atomic mass is 31.2. The molecule has 40 heavy (non-hydrogen) atoms. The Morgan fingerprint density at radius 2 is 1.73 bits per heavy atom. The van der Waals surface area contributed by atoms with Gasteiger partial charge in [-0.25, -0.2) is 9.97 Å². The van der Waals surface area contributed by atoms with Crippen LogP contribution >= 0.6 is 7.60 Å². The van der Waals surface area contributed by atoms with Crippen molar-refractivity contribution in [2.24, 2.45) is 0 Å². The van der Waals surface area contributed by atoms with Crippen molar-refractivity contribution in [3.8, 4) is 11.4 Å². The molecule has 2 heterocycles. The summed E-state index contributed by atoms with van der Waals surface area (Å²) >= 11 is 0. The number of rotatable bonds is 13. The fourth-order valence-electron chi connectivity index (χ4n) is 4.47. The molecule has 2 amide bonds. The zero-order chi connectivity index (χ0) is 28.7. The lowest BCUT2D eigenvalue weighted by molar-refractivity contribution is -0.137. The molecular formula is C26H35N6O7P. The van der Waals surface area contributed by atoms with Crippen LogP contribution in [0.5, 0.6) is 0 Å². The van der Waals surface area contributed by atoms with Crippen molar-refractivity contribution in [1.29, 1.82) is 0 Å². The first-order valence-corrected chi connectivity index (χ1v) is 15.2. The number of carboxylic acids is 1. The summed E-state index contributed by atoms with van der Waals surface area (Å²) < 4.78 is 11.9. The van der Waals surface area contributed by atoms with Gasteiger partial charge in [0.25, 0.3) is 5.91 Å². The Morgan fingerprint density at radius 3 is 2.35 bits per heavy atom. The largest absolute Gasteiger partial charge is 0.481 e. The Labute approximate surface area is 232 Å². The molecule has 0 unspecified atom stereocenters. The maximum Gasteiger partial charge on any atom is 0.328 e. The third-order valence-corrected chi connectivity index (χ3v) is 7.58. The molecule has 1 atom stereocenters. The number of nitrogens with zero attached hydrogens (tertiary/aromatic N) is 4. The van der Waals surface area contributed by atoms with Crippen LogP contribution < -0.4 is 10.6 Å². The summed E-state index contributed by atoms with van der Waals surface area (Å²) in [5, 5.41) is 14.5. The molecular weight excluding hydrogens is 539 g/mol. The Kier molecular flexibility index (Phi) is 9.85. The molecule has 2 aromatic rings. The molecule has 5 N–H and O–H groups in total. The zero-order valence-corrected chi connectivity index (χ0v) is 23.0. The number of carbonyl (C=O) groups is 3. The molecule has 1 aliphatic heterocycles. The second-order valence-electron chi connectivity index (χ2n) is 10.1. The number of hydrogen-bond acceptors (Lipinski definition) is 8. The fraction of sp³-hybridized carbons (Fsp3) is 0.500. The lowest BCUT2D eigenvalue weighted by atomic mass is 10.2.